The molecule has 1 atom stereocenters. The minimum absolute atomic E-state index is 0.0849. The van der Waals surface area contributed by atoms with Gasteiger partial charge < -0.3 is 24.7 Å². The summed E-state index contributed by atoms with van der Waals surface area (Å²) in [4.78, 5) is 35.9. The normalized spacial score (nSPS) is 16.8. The minimum atomic E-state index is -1.04. The van der Waals surface area contributed by atoms with Gasteiger partial charge in [0, 0.05) is 5.56 Å². The van der Waals surface area contributed by atoms with Gasteiger partial charge in [0.2, 0.25) is 5.95 Å². The van der Waals surface area contributed by atoms with Crippen LogP contribution in [0, 0.1) is 6.92 Å². The number of aryl methyl sites for hydroxylation is 1. The van der Waals surface area contributed by atoms with E-state index in [1.54, 1.807) is 43.3 Å². The van der Waals surface area contributed by atoms with E-state index >= 15 is 0 Å². The summed E-state index contributed by atoms with van der Waals surface area (Å²) in [6, 6.07) is 15.8. The molecule has 1 saturated heterocycles. The van der Waals surface area contributed by atoms with Crippen molar-refractivity contribution in [3.05, 3.63) is 82.9 Å². The van der Waals surface area contributed by atoms with Gasteiger partial charge >= 0.3 is 5.91 Å². The Hall–Kier alpha value is -4.79. The summed E-state index contributed by atoms with van der Waals surface area (Å²) >= 11 is 0. The van der Waals surface area contributed by atoms with Crippen LogP contribution in [0.2, 0.25) is 0 Å². The summed E-state index contributed by atoms with van der Waals surface area (Å²) in [6.07, 6.45) is 0. The Morgan fingerprint density at radius 3 is 2.45 bits per heavy atom. The first-order valence-electron chi connectivity index (χ1n) is 12.3. The summed E-state index contributed by atoms with van der Waals surface area (Å²) in [5.41, 5.74) is 3.02. The van der Waals surface area contributed by atoms with Crippen molar-refractivity contribution in [3.8, 4) is 17.2 Å². The fourth-order valence-electron chi connectivity index (χ4n) is 4.59. The number of rotatable bonds is 7. The van der Waals surface area contributed by atoms with Gasteiger partial charge in [0.05, 0.1) is 35.9 Å². The Labute approximate surface area is 219 Å². The standard InChI is InChI=1S/C29H27N3O6/c1-4-37-19-10-7-17(8-11-19)26(34)24-25(18-9-13-22(33)23(15-18)38-5-2)32(28(36)27(24)35)29-30-20-12-6-16(3)14-21(20)31-29/h6-15,25,33-34H,4-5H2,1-3H3,(H,30,31)/b26-24+. The summed E-state index contributed by atoms with van der Waals surface area (Å²) < 4.78 is 11.0. The number of imidazole rings is 1. The van der Waals surface area contributed by atoms with Crippen LogP contribution in [0.25, 0.3) is 16.8 Å². The minimum Gasteiger partial charge on any atom is -0.507 e. The molecule has 1 fully saturated rings. The second-order valence-electron chi connectivity index (χ2n) is 8.87. The van der Waals surface area contributed by atoms with Gasteiger partial charge in [0.15, 0.2) is 11.5 Å². The number of aromatic hydroxyl groups is 1. The van der Waals surface area contributed by atoms with Crippen LogP contribution in [-0.2, 0) is 9.59 Å². The van der Waals surface area contributed by atoms with Crippen LogP contribution in [0.4, 0.5) is 5.95 Å². The number of aromatic amines is 1. The third kappa shape index (κ3) is 4.32. The third-order valence-corrected chi connectivity index (χ3v) is 6.34. The molecule has 0 bridgehead atoms. The van der Waals surface area contributed by atoms with Crippen molar-refractivity contribution in [2.24, 2.45) is 0 Å². The van der Waals surface area contributed by atoms with Gasteiger partial charge in [-0.25, -0.2) is 4.98 Å². The summed E-state index contributed by atoms with van der Waals surface area (Å²) in [7, 11) is 0. The Balaban J connectivity index is 1.70. The predicted octanol–water partition coefficient (Wildman–Crippen LogP) is 5.00. The van der Waals surface area contributed by atoms with Gasteiger partial charge in [-0.15, -0.1) is 0 Å². The number of aliphatic hydroxyl groups is 1. The first kappa shape index (κ1) is 24.9. The maximum atomic E-state index is 13.5. The molecule has 4 aromatic rings. The van der Waals surface area contributed by atoms with Crippen molar-refractivity contribution in [1.29, 1.82) is 0 Å². The molecule has 0 spiro atoms. The van der Waals surface area contributed by atoms with Gasteiger partial charge in [-0.1, -0.05) is 12.1 Å². The number of fused-ring (bicyclic) bond motifs is 1. The van der Waals surface area contributed by atoms with Crippen molar-refractivity contribution in [2.75, 3.05) is 18.1 Å². The molecule has 5 rings (SSSR count). The van der Waals surface area contributed by atoms with Crippen LogP contribution >= 0.6 is 0 Å². The molecule has 0 radical (unpaired) electrons. The number of nitrogens with zero attached hydrogens (tertiary/aromatic N) is 2. The maximum Gasteiger partial charge on any atom is 0.302 e. The van der Waals surface area contributed by atoms with E-state index in [0.29, 0.717) is 41.1 Å². The summed E-state index contributed by atoms with van der Waals surface area (Å²) in [5, 5.41) is 21.6. The average molecular weight is 514 g/mol. The zero-order chi connectivity index (χ0) is 27.0. The number of ether oxygens (including phenoxy) is 2. The van der Waals surface area contributed by atoms with Gasteiger partial charge in [-0.05, 0) is 80.4 Å². The number of phenols is 1. The van der Waals surface area contributed by atoms with Crippen molar-refractivity contribution in [3.63, 3.8) is 0 Å². The first-order chi connectivity index (χ1) is 18.3. The molecule has 9 nitrogen and oxygen atoms in total. The molecule has 194 valence electrons. The van der Waals surface area contributed by atoms with Gasteiger partial charge in [0.1, 0.15) is 11.5 Å². The second-order valence-corrected chi connectivity index (χ2v) is 8.87. The van der Waals surface area contributed by atoms with Crippen LogP contribution in [0.3, 0.4) is 0 Å². The molecular formula is C29H27N3O6. The number of aromatic nitrogens is 2. The van der Waals surface area contributed by atoms with Crippen LogP contribution in [-0.4, -0.2) is 45.1 Å². The number of carbonyl (C=O) groups is 2. The number of Topliss-reactive ketones (excluding diaryl/α,β-unsaturated/α-hetero) is 1. The SMILES string of the molecule is CCOc1ccc(/C(O)=C2\C(=O)C(=O)N(c3nc4ccc(C)cc4[nH]3)C2c2ccc(O)c(OCC)c2)cc1. The number of H-pyrrole nitrogens is 1. The highest BCUT2D eigenvalue weighted by Crippen LogP contribution is 2.43. The molecule has 0 saturated carbocycles. The molecule has 38 heavy (non-hydrogen) atoms. The fourth-order valence-corrected chi connectivity index (χ4v) is 4.59. The number of hydrogen-bond acceptors (Lipinski definition) is 7. The van der Waals surface area contributed by atoms with Crippen LogP contribution in [0.15, 0.2) is 66.2 Å². The van der Waals surface area contributed by atoms with Crippen molar-refractivity contribution >= 4 is 34.4 Å². The molecular weight excluding hydrogens is 486 g/mol. The number of amides is 1. The number of carbonyl (C=O) groups excluding carboxylic acids is 2. The quantitative estimate of drug-likeness (QED) is 0.180. The highest BCUT2D eigenvalue weighted by atomic mass is 16.5. The second kappa shape index (κ2) is 9.93. The van der Waals surface area contributed by atoms with E-state index in [2.05, 4.69) is 9.97 Å². The topological polar surface area (TPSA) is 125 Å². The van der Waals surface area contributed by atoms with Crippen LogP contribution in [0.5, 0.6) is 17.2 Å². The van der Waals surface area contributed by atoms with Gasteiger partial charge in [-0.3, -0.25) is 14.5 Å². The number of benzene rings is 3. The van der Waals surface area contributed by atoms with E-state index in [1.165, 1.54) is 11.0 Å². The number of nitrogens with one attached hydrogen (secondary N) is 1. The van der Waals surface area contributed by atoms with Gasteiger partial charge in [-0.2, -0.15) is 0 Å². The molecule has 1 unspecified atom stereocenters. The van der Waals surface area contributed by atoms with E-state index in [0.717, 1.165) is 5.56 Å². The third-order valence-electron chi connectivity index (χ3n) is 6.34. The lowest BCUT2D eigenvalue weighted by Gasteiger charge is -2.23. The smallest absolute Gasteiger partial charge is 0.302 e. The van der Waals surface area contributed by atoms with E-state index in [-0.39, 0.29) is 28.8 Å². The molecule has 3 N–H and O–H groups in total. The number of ketones is 1. The van der Waals surface area contributed by atoms with Crippen LogP contribution in [0.1, 0.15) is 36.6 Å². The Morgan fingerprint density at radius 1 is 1.00 bits per heavy atom. The fraction of sp³-hybridized carbons (Fsp3) is 0.207. The number of phenolic OH excluding ortho intramolecular Hbond substituents is 1. The Morgan fingerprint density at radius 2 is 1.74 bits per heavy atom. The van der Waals surface area contributed by atoms with Crippen molar-refractivity contribution in [1.82, 2.24) is 9.97 Å². The van der Waals surface area contributed by atoms with E-state index in [1.807, 2.05) is 32.0 Å². The van der Waals surface area contributed by atoms with Crippen molar-refractivity contribution in [2.45, 2.75) is 26.8 Å². The molecule has 1 aliphatic heterocycles. The lowest BCUT2D eigenvalue weighted by atomic mass is 9.95. The molecule has 0 aliphatic carbocycles. The molecule has 1 aromatic heterocycles. The molecule has 1 amide bonds. The maximum absolute atomic E-state index is 13.5. The summed E-state index contributed by atoms with van der Waals surface area (Å²) in [5.74, 6) is -1.16. The highest BCUT2D eigenvalue weighted by Gasteiger charge is 2.48. The Bertz CT molecular complexity index is 1570. The van der Waals surface area contributed by atoms with E-state index in [4.69, 9.17) is 9.47 Å². The molecule has 2 heterocycles. The molecule has 9 heteroatoms. The van der Waals surface area contributed by atoms with Gasteiger partial charge in [0.25, 0.3) is 5.78 Å². The first-order valence-corrected chi connectivity index (χ1v) is 12.3. The number of anilines is 1. The zero-order valence-corrected chi connectivity index (χ0v) is 21.2. The zero-order valence-electron chi connectivity index (χ0n) is 21.2. The van der Waals surface area contributed by atoms with Crippen LogP contribution < -0.4 is 14.4 Å². The van der Waals surface area contributed by atoms with E-state index < -0.39 is 17.7 Å². The molecule has 3 aromatic carbocycles. The lowest BCUT2D eigenvalue weighted by Crippen LogP contribution is -2.30. The monoisotopic (exact) mass is 513 g/mol. The number of hydrogen-bond donors (Lipinski definition) is 3. The average Bonchev–Trinajstić information content (AvgIpc) is 3.43. The Kier molecular flexibility index (Phi) is 6.50. The highest BCUT2D eigenvalue weighted by molar-refractivity contribution is 6.51. The largest absolute Gasteiger partial charge is 0.507 e. The predicted molar refractivity (Wildman–Crippen MR) is 143 cm³/mol. The van der Waals surface area contributed by atoms with E-state index in [9.17, 15) is 19.8 Å². The lowest BCUT2D eigenvalue weighted by molar-refractivity contribution is -0.132. The molecule has 1 aliphatic rings. The summed E-state index contributed by atoms with van der Waals surface area (Å²) in [6.45, 7) is 6.36. The number of aliphatic hydroxyl groups excluding tert-OH is 1. The van der Waals surface area contributed by atoms with Crippen molar-refractivity contribution < 1.29 is 29.3 Å².